The monoisotopic (exact) mass is 216 g/mol. The van der Waals surface area contributed by atoms with E-state index in [0.717, 1.165) is 13.0 Å². The minimum Gasteiger partial charge on any atom is -0.547 e. The van der Waals surface area contributed by atoms with Crippen molar-refractivity contribution in [3.05, 3.63) is 0 Å². The van der Waals surface area contributed by atoms with Gasteiger partial charge in [-0.05, 0) is 33.9 Å². The van der Waals surface area contributed by atoms with Crippen molar-refractivity contribution in [2.24, 2.45) is 0 Å². The van der Waals surface area contributed by atoms with E-state index in [1.807, 2.05) is 0 Å². The zero-order valence-electron chi connectivity index (χ0n) is 9.90. The minimum atomic E-state index is -1.44. The van der Waals surface area contributed by atoms with Gasteiger partial charge in [0.2, 0.25) is 0 Å². The number of carbonyl (C=O) groups excluding carboxylic acids is 1. The summed E-state index contributed by atoms with van der Waals surface area (Å²) in [5, 5.41) is 17.3. The molecular formula is C11H22NO3-. The predicted molar refractivity (Wildman–Crippen MR) is 57.2 cm³/mol. The molecule has 1 N–H and O–H groups in total. The summed E-state index contributed by atoms with van der Waals surface area (Å²) in [6.45, 7) is 1.13. The fraction of sp³-hybridized carbons (Fsp3) is 0.909. The Morgan fingerprint density at radius 3 is 1.93 bits per heavy atom. The molecule has 0 saturated heterocycles. The molecule has 1 aliphatic carbocycles. The van der Waals surface area contributed by atoms with Crippen molar-refractivity contribution in [1.29, 1.82) is 0 Å². The molecule has 1 fully saturated rings. The highest BCUT2D eigenvalue weighted by atomic mass is 16.4. The van der Waals surface area contributed by atoms with Crippen LogP contribution in [0.5, 0.6) is 0 Å². The summed E-state index contributed by atoms with van der Waals surface area (Å²) in [4.78, 5) is 11.7. The molecule has 0 aromatic rings. The third kappa shape index (κ3) is 7.33. The lowest BCUT2D eigenvalue weighted by molar-refractivity contribution is -0.314. The molecule has 0 spiro atoms. The van der Waals surface area contributed by atoms with Crippen LogP contribution in [0, 0.1) is 0 Å². The van der Waals surface area contributed by atoms with E-state index in [9.17, 15) is 9.90 Å². The maximum absolute atomic E-state index is 9.34. The van der Waals surface area contributed by atoms with Crippen LogP contribution in [0.25, 0.3) is 0 Å². The molecule has 0 aromatic carbocycles. The van der Waals surface area contributed by atoms with Gasteiger partial charge in [-0.3, -0.25) is 0 Å². The molecule has 1 aliphatic rings. The molecule has 0 radical (unpaired) electrons. The predicted octanol–water partition coefficient (Wildman–Crippen LogP) is -0.00220. The molecule has 4 nitrogen and oxygen atoms in total. The highest BCUT2D eigenvalue weighted by molar-refractivity contribution is 5.68. The molecule has 0 amide bonds. The minimum absolute atomic E-state index is 0.888. The highest BCUT2D eigenvalue weighted by Gasteiger charge is 2.13. The van der Waals surface area contributed by atoms with Crippen LogP contribution in [-0.4, -0.2) is 42.2 Å². The number of aliphatic hydroxyl groups excluding tert-OH is 1. The summed E-state index contributed by atoms with van der Waals surface area (Å²) < 4.78 is 0. The van der Waals surface area contributed by atoms with Crippen LogP contribution in [0.1, 0.15) is 39.0 Å². The second kappa shape index (κ2) is 7.65. The van der Waals surface area contributed by atoms with Gasteiger partial charge in [-0.15, -0.1) is 0 Å². The topological polar surface area (TPSA) is 63.6 Å². The summed E-state index contributed by atoms with van der Waals surface area (Å²) in [6, 6.07) is 0.888. The van der Waals surface area contributed by atoms with Crippen LogP contribution in [0.4, 0.5) is 0 Å². The Balaban J connectivity index is 0.000000288. The quantitative estimate of drug-likeness (QED) is 0.705. The number of rotatable bonds is 2. The molecule has 1 atom stereocenters. The zero-order chi connectivity index (χ0) is 11.8. The van der Waals surface area contributed by atoms with E-state index in [2.05, 4.69) is 19.0 Å². The summed E-state index contributed by atoms with van der Waals surface area (Å²) in [5.41, 5.74) is 0. The Morgan fingerprint density at radius 2 is 1.73 bits per heavy atom. The van der Waals surface area contributed by atoms with E-state index >= 15 is 0 Å². The molecule has 1 rings (SSSR count). The van der Waals surface area contributed by atoms with Gasteiger partial charge in [0.25, 0.3) is 0 Å². The van der Waals surface area contributed by atoms with Crippen LogP contribution >= 0.6 is 0 Å². The fourth-order valence-electron chi connectivity index (χ4n) is 1.60. The lowest BCUT2D eigenvalue weighted by Gasteiger charge is -2.27. The summed E-state index contributed by atoms with van der Waals surface area (Å²) >= 11 is 0. The van der Waals surface area contributed by atoms with Crippen molar-refractivity contribution in [3.8, 4) is 0 Å². The fourth-order valence-corrected chi connectivity index (χ4v) is 1.60. The van der Waals surface area contributed by atoms with E-state index < -0.39 is 12.1 Å². The molecular weight excluding hydrogens is 194 g/mol. The number of hydrogen-bond donors (Lipinski definition) is 1. The van der Waals surface area contributed by atoms with Gasteiger partial charge in [0.1, 0.15) is 0 Å². The number of nitrogens with zero attached hydrogens (tertiary/aromatic N) is 1. The Morgan fingerprint density at radius 1 is 1.33 bits per heavy atom. The van der Waals surface area contributed by atoms with Crippen molar-refractivity contribution >= 4 is 5.97 Å². The maximum atomic E-state index is 9.34. The molecule has 0 aliphatic heterocycles. The Hall–Kier alpha value is -0.610. The van der Waals surface area contributed by atoms with Gasteiger partial charge in [0.05, 0.1) is 12.1 Å². The normalized spacial score (nSPS) is 19.3. The third-order valence-corrected chi connectivity index (χ3v) is 2.65. The van der Waals surface area contributed by atoms with Crippen molar-refractivity contribution in [2.45, 2.75) is 51.2 Å². The second-order valence-corrected chi connectivity index (χ2v) is 4.25. The summed E-state index contributed by atoms with van der Waals surface area (Å²) in [6.07, 6.45) is 5.86. The molecule has 90 valence electrons. The van der Waals surface area contributed by atoms with Gasteiger partial charge < -0.3 is 19.9 Å². The van der Waals surface area contributed by atoms with Gasteiger partial charge in [-0.2, -0.15) is 0 Å². The Labute approximate surface area is 91.9 Å². The standard InChI is InChI=1S/C8H17N.C3H6O3/c1-9(2)8-6-4-3-5-7-8;1-2(4)3(5)6/h8H,3-7H2,1-2H3;2,4H,1H3,(H,5,6)/p-1. The molecule has 0 aromatic heterocycles. The van der Waals surface area contributed by atoms with Crippen LogP contribution in [0.3, 0.4) is 0 Å². The number of hydrogen-bond acceptors (Lipinski definition) is 4. The third-order valence-electron chi connectivity index (χ3n) is 2.65. The van der Waals surface area contributed by atoms with E-state index in [0.29, 0.717) is 0 Å². The van der Waals surface area contributed by atoms with Gasteiger partial charge in [0, 0.05) is 6.04 Å². The van der Waals surface area contributed by atoms with E-state index in [1.54, 1.807) is 0 Å². The van der Waals surface area contributed by atoms with Gasteiger partial charge in [-0.25, -0.2) is 0 Å². The van der Waals surface area contributed by atoms with Crippen molar-refractivity contribution in [2.75, 3.05) is 14.1 Å². The largest absolute Gasteiger partial charge is 0.547 e. The van der Waals surface area contributed by atoms with Crippen molar-refractivity contribution < 1.29 is 15.0 Å². The lowest BCUT2D eigenvalue weighted by Crippen LogP contribution is -2.32. The average molecular weight is 216 g/mol. The second-order valence-electron chi connectivity index (χ2n) is 4.25. The first-order chi connectivity index (χ1) is 6.95. The van der Waals surface area contributed by atoms with Gasteiger partial charge >= 0.3 is 0 Å². The first kappa shape index (κ1) is 14.4. The van der Waals surface area contributed by atoms with Crippen LogP contribution in [-0.2, 0) is 4.79 Å². The SMILES string of the molecule is CC(O)C(=O)[O-].CN(C)C1CCCCC1. The van der Waals surface area contributed by atoms with Gasteiger partial charge in [0.15, 0.2) is 0 Å². The van der Waals surface area contributed by atoms with Crippen LogP contribution < -0.4 is 5.11 Å². The highest BCUT2D eigenvalue weighted by Crippen LogP contribution is 2.20. The first-order valence-electron chi connectivity index (χ1n) is 5.50. The van der Waals surface area contributed by atoms with E-state index in [4.69, 9.17) is 5.11 Å². The number of carboxylic acids is 1. The molecule has 1 saturated carbocycles. The maximum Gasteiger partial charge on any atom is 0.0905 e. The average Bonchev–Trinajstić information content (AvgIpc) is 2.20. The van der Waals surface area contributed by atoms with Crippen molar-refractivity contribution in [3.63, 3.8) is 0 Å². The molecule has 15 heavy (non-hydrogen) atoms. The number of carboxylic acid groups (broad SMARTS) is 1. The van der Waals surface area contributed by atoms with Crippen LogP contribution in [0.2, 0.25) is 0 Å². The zero-order valence-corrected chi connectivity index (χ0v) is 9.90. The number of aliphatic hydroxyl groups is 1. The smallest absolute Gasteiger partial charge is 0.0905 e. The van der Waals surface area contributed by atoms with Gasteiger partial charge in [-0.1, -0.05) is 19.3 Å². The lowest BCUT2D eigenvalue weighted by atomic mass is 9.95. The number of carbonyl (C=O) groups is 1. The molecule has 4 heteroatoms. The molecule has 1 unspecified atom stereocenters. The summed E-state index contributed by atoms with van der Waals surface area (Å²) in [5.74, 6) is -1.44. The first-order valence-corrected chi connectivity index (χ1v) is 5.50. The Bertz CT molecular complexity index is 175. The van der Waals surface area contributed by atoms with Crippen molar-refractivity contribution in [1.82, 2.24) is 4.90 Å². The van der Waals surface area contributed by atoms with E-state index in [1.165, 1.54) is 32.1 Å². The molecule has 0 heterocycles. The Kier molecular flexibility index (Phi) is 7.34. The number of aliphatic carboxylic acids is 1. The van der Waals surface area contributed by atoms with Crippen LogP contribution in [0.15, 0.2) is 0 Å². The molecule has 0 bridgehead atoms. The summed E-state index contributed by atoms with van der Waals surface area (Å²) in [7, 11) is 4.38. The van der Waals surface area contributed by atoms with E-state index in [-0.39, 0.29) is 0 Å².